The molecule has 1 aromatic carbocycles. The number of hydrogen-bond acceptors (Lipinski definition) is 8. The number of nitrogens with one attached hydrogen (secondary N) is 1. The highest BCUT2D eigenvalue weighted by Crippen LogP contribution is 2.41. The number of nitrogens with two attached hydrogens (primary N) is 1. The average molecular weight is 530 g/mol. The van der Waals surface area contributed by atoms with Gasteiger partial charge in [-0.1, -0.05) is 12.2 Å². The molecule has 2 aliphatic heterocycles. The van der Waals surface area contributed by atoms with Gasteiger partial charge in [0.15, 0.2) is 12.4 Å². The molecule has 1 fully saturated rings. The minimum Gasteiger partial charge on any atom is -0.491 e. The van der Waals surface area contributed by atoms with Crippen LogP contribution < -0.4 is 15.8 Å². The van der Waals surface area contributed by atoms with Gasteiger partial charge in [0.2, 0.25) is 0 Å². The number of rotatable bonds is 7. The van der Waals surface area contributed by atoms with Gasteiger partial charge in [0.25, 0.3) is 0 Å². The number of fused-ring (bicyclic) bond motifs is 2. The maximum absolute atomic E-state index is 16.0. The van der Waals surface area contributed by atoms with E-state index in [1.165, 1.54) is 6.33 Å². The van der Waals surface area contributed by atoms with Gasteiger partial charge in [-0.05, 0) is 43.3 Å². The van der Waals surface area contributed by atoms with Crippen LogP contribution in [0.4, 0.5) is 16.0 Å². The largest absolute Gasteiger partial charge is 0.491 e. The molecule has 0 bridgehead atoms. The molecular formula is C29H32FN7O2. The second-order valence-electron chi connectivity index (χ2n) is 10.1. The van der Waals surface area contributed by atoms with Crippen molar-refractivity contribution in [2.45, 2.75) is 24.9 Å². The molecule has 4 atom stereocenters. The molecule has 3 N–H and O–H groups in total. The highest BCUT2D eigenvalue weighted by atomic mass is 19.1. The first-order valence-corrected chi connectivity index (χ1v) is 13.1. The second-order valence-corrected chi connectivity index (χ2v) is 10.1. The Labute approximate surface area is 226 Å². The summed E-state index contributed by atoms with van der Waals surface area (Å²) < 4.78 is 30.1. The van der Waals surface area contributed by atoms with Crippen LogP contribution in [0.5, 0.6) is 5.75 Å². The van der Waals surface area contributed by atoms with Gasteiger partial charge in [-0.2, -0.15) is 0 Å². The zero-order valence-corrected chi connectivity index (χ0v) is 22.0. The maximum atomic E-state index is 16.0. The van der Waals surface area contributed by atoms with Crippen LogP contribution >= 0.6 is 0 Å². The third kappa shape index (κ3) is 4.59. The predicted octanol–water partition coefficient (Wildman–Crippen LogP) is 4.44. The van der Waals surface area contributed by atoms with Crippen LogP contribution in [-0.4, -0.2) is 70.5 Å². The summed E-state index contributed by atoms with van der Waals surface area (Å²) in [4.78, 5) is 15.5. The quantitative estimate of drug-likeness (QED) is 0.339. The number of nitrogen functional groups attached to an aromatic ring is 1. The van der Waals surface area contributed by atoms with E-state index in [1.807, 2.05) is 43.6 Å². The molecule has 1 saturated heterocycles. The number of ether oxygens (including phenoxy) is 2. The summed E-state index contributed by atoms with van der Waals surface area (Å²) in [7, 11) is 3.91. The summed E-state index contributed by atoms with van der Waals surface area (Å²) in [5.41, 5.74) is 9.74. The summed E-state index contributed by atoms with van der Waals surface area (Å²) in [5.74, 6) is 1.21. The summed E-state index contributed by atoms with van der Waals surface area (Å²) in [6.07, 6.45) is 5.15. The minimum absolute atomic E-state index is 0.158. The Morgan fingerprint density at radius 1 is 1.28 bits per heavy atom. The van der Waals surface area contributed by atoms with Gasteiger partial charge in [0, 0.05) is 49.3 Å². The van der Waals surface area contributed by atoms with Crippen LogP contribution in [0.1, 0.15) is 18.2 Å². The van der Waals surface area contributed by atoms with E-state index in [0.29, 0.717) is 17.2 Å². The molecule has 9 nitrogen and oxygen atoms in total. The molecule has 5 heterocycles. The lowest BCUT2D eigenvalue weighted by Gasteiger charge is -2.21. The summed E-state index contributed by atoms with van der Waals surface area (Å²) >= 11 is 0. The molecule has 0 saturated carbocycles. The molecule has 0 unspecified atom stereocenters. The number of alkyl halides is 1. The maximum Gasteiger partial charge on any atom is 0.167 e. The van der Waals surface area contributed by atoms with Gasteiger partial charge in [0.1, 0.15) is 42.1 Å². The lowest BCUT2D eigenvalue weighted by Crippen LogP contribution is -2.25. The van der Waals surface area contributed by atoms with Gasteiger partial charge in [-0.15, -0.1) is 6.58 Å². The van der Waals surface area contributed by atoms with Gasteiger partial charge in [0.05, 0.1) is 10.9 Å². The minimum atomic E-state index is -1.35. The van der Waals surface area contributed by atoms with Gasteiger partial charge < -0.3 is 30.0 Å². The van der Waals surface area contributed by atoms with Crippen LogP contribution in [0.3, 0.4) is 0 Å². The molecule has 3 aromatic heterocycles. The molecule has 202 valence electrons. The van der Waals surface area contributed by atoms with E-state index in [-0.39, 0.29) is 6.61 Å². The Hall–Kier alpha value is -4.02. The molecule has 4 aromatic rings. The first-order valence-electron chi connectivity index (χ1n) is 13.1. The number of halogens is 1. The number of likely N-dealkylation sites (N-methyl/N-ethyl adjacent to an activating group) is 1. The second kappa shape index (κ2) is 10.3. The Bertz CT molecular complexity index is 1570. The Kier molecular flexibility index (Phi) is 6.66. The van der Waals surface area contributed by atoms with Crippen molar-refractivity contribution in [3.63, 3.8) is 0 Å². The molecule has 2 aliphatic rings. The van der Waals surface area contributed by atoms with E-state index in [1.54, 1.807) is 10.6 Å². The Morgan fingerprint density at radius 2 is 2.13 bits per heavy atom. The van der Waals surface area contributed by atoms with Gasteiger partial charge >= 0.3 is 0 Å². The third-order valence-corrected chi connectivity index (χ3v) is 7.66. The highest BCUT2D eigenvalue weighted by Gasteiger charge is 2.45. The van der Waals surface area contributed by atoms with Crippen LogP contribution in [0.2, 0.25) is 0 Å². The zero-order valence-electron chi connectivity index (χ0n) is 22.0. The standard InChI is InChI=1S/C29H32FN7O2/c1-4-20-23(15-38-19-7-5-18-6-8-24(32-2)35-22(18)13-19)39-29(26(20)30)37-14-21(17-9-11-36(3)12-10-17)25-27(31)33-16-34-28(25)37/h4-9,13-14,16,20,23,26,29H,1,10-12,15H2,2-3H3,(H,32,35)(H2,31,33,34)/t20-,23-,26+,29-/m1/s1. The molecule has 6 rings (SSSR count). The Balaban J connectivity index is 1.28. The summed E-state index contributed by atoms with van der Waals surface area (Å²) in [6.45, 7) is 5.81. The number of nitrogens with zero attached hydrogens (tertiary/aromatic N) is 5. The van der Waals surface area contributed by atoms with Gasteiger partial charge in [-0.25, -0.2) is 19.3 Å². The molecular weight excluding hydrogens is 497 g/mol. The van der Waals surface area contributed by atoms with E-state index in [0.717, 1.165) is 52.8 Å². The smallest absolute Gasteiger partial charge is 0.167 e. The molecule has 39 heavy (non-hydrogen) atoms. The molecule has 0 radical (unpaired) electrons. The van der Waals surface area contributed by atoms with Crippen molar-refractivity contribution < 1.29 is 13.9 Å². The number of aromatic nitrogens is 4. The van der Waals surface area contributed by atoms with Crippen LogP contribution in [0.15, 0.2) is 61.6 Å². The fourth-order valence-electron chi connectivity index (χ4n) is 5.46. The fraction of sp³-hybridized carbons (Fsp3) is 0.345. The fourth-order valence-corrected chi connectivity index (χ4v) is 5.46. The molecule has 0 aliphatic carbocycles. The SMILES string of the molecule is C=C[C@H]1[C@H](F)[C@H](n2cc(C3=CCN(C)CC3)c3c(N)ncnc32)O[C@@H]1COc1ccc2ccc(NC)nc2c1. The van der Waals surface area contributed by atoms with Crippen molar-refractivity contribution >= 4 is 39.1 Å². The third-order valence-electron chi connectivity index (χ3n) is 7.66. The Morgan fingerprint density at radius 3 is 2.90 bits per heavy atom. The van der Waals surface area contributed by atoms with E-state index in [2.05, 4.69) is 44.9 Å². The zero-order chi connectivity index (χ0) is 27.1. The van der Waals surface area contributed by atoms with E-state index >= 15 is 4.39 Å². The summed E-state index contributed by atoms with van der Waals surface area (Å²) in [6, 6.07) is 9.63. The van der Waals surface area contributed by atoms with Crippen molar-refractivity contribution in [1.29, 1.82) is 0 Å². The molecule has 10 heteroatoms. The van der Waals surface area contributed by atoms with Crippen LogP contribution in [0.25, 0.3) is 27.5 Å². The summed E-state index contributed by atoms with van der Waals surface area (Å²) in [5, 5.41) is 4.77. The van der Waals surface area contributed by atoms with Crippen molar-refractivity contribution in [3.8, 4) is 5.75 Å². The molecule has 0 spiro atoms. The van der Waals surface area contributed by atoms with E-state index in [9.17, 15) is 0 Å². The van der Waals surface area contributed by atoms with Crippen molar-refractivity contribution in [3.05, 3.63) is 67.2 Å². The first kappa shape index (κ1) is 25.3. The van der Waals surface area contributed by atoms with Crippen LogP contribution in [-0.2, 0) is 4.74 Å². The van der Waals surface area contributed by atoms with Crippen molar-refractivity contribution in [2.75, 3.05) is 44.8 Å². The lowest BCUT2D eigenvalue weighted by atomic mass is 9.99. The van der Waals surface area contributed by atoms with Crippen molar-refractivity contribution in [2.24, 2.45) is 5.92 Å². The number of hydrogen-bond donors (Lipinski definition) is 2. The number of pyridine rings is 1. The van der Waals surface area contributed by atoms with Crippen molar-refractivity contribution in [1.82, 2.24) is 24.4 Å². The highest BCUT2D eigenvalue weighted by molar-refractivity contribution is 5.97. The lowest BCUT2D eigenvalue weighted by molar-refractivity contribution is -0.0327. The first-order chi connectivity index (χ1) is 19.0. The van der Waals surface area contributed by atoms with Gasteiger partial charge in [-0.3, -0.25) is 0 Å². The van der Waals surface area contributed by atoms with Crippen LogP contribution in [0, 0.1) is 5.92 Å². The predicted molar refractivity (Wildman–Crippen MR) is 151 cm³/mol. The topological polar surface area (TPSA) is 103 Å². The number of benzene rings is 1. The number of anilines is 2. The average Bonchev–Trinajstić information content (AvgIpc) is 3.49. The van der Waals surface area contributed by atoms with E-state index in [4.69, 9.17) is 15.2 Å². The molecule has 0 amide bonds. The monoisotopic (exact) mass is 529 g/mol. The normalized spacial score (nSPS) is 23.7. The van der Waals surface area contributed by atoms with E-state index < -0.39 is 24.4 Å².